The van der Waals surface area contributed by atoms with Gasteiger partial charge in [-0.1, -0.05) is 75.1 Å². The lowest BCUT2D eigenvalue weighted by atomic mass is 9.97. The number of hydrogen-bond donors (Lipinski definition) is 4. The van der Waals surface area contributed by atoms with Crippen LogP contribution in [0.3, 0.4) is 0 Å². The Hall–Kier alpha value is -1.49. The molecule has 1 unspecified atom stereocenters. The monoisotopic (exact) mass is 419 g/mol. The number of rotatable bonds is 13. The number of aliphatic hydroxyl groups excluding tert-OH is 1. The Balaban J connectivity index is 1.86. The molecular formula is C23H34NO4P. The smallest absolute Gasteiger partial charge is 0.325 e. The molecule has 5 nitrogen and oxygen atoms in total. The Kier molecular flexibility index (Phi) is 10.1. The summed E-state index contributed by atoms with van der Waals surface area (Å²) >= 11 is 0. The fraction of sp³-hybridized carbons (Fsp3) is 0.478. The molecular weight excluding hydrogens is 385 g/mol. The Morgan fingerprint density at radius 1 is 0.966 bits per heavy atom. The molecule has 0 saturated carbocycles. The van der Waals surface area contributed by atoms with E-state index in [0.29, 0.717) is 19.5 Å². The van der Waals surface area contributed by atoms with Gasteiger partial charge in [-0.05, 0) is 47.7 Å². The number of aliphatic hydroxyl groups is 1. The Morgan fingerprint density at radius 2 is 1.72 bits per heavy atom. The van der Waals surface area contributed by atoms with E-state index < -0.39 is 13.7 Å². The molecule has 0 aliphatic heterocycles. The summed E-state index contributed by atoms with van der Waals surface area (Å²) in [7, 11) is -3.90. The average Bonchev–Trinajstić information content (AvgIpc) is 2.70. The summed E-state index contributed by atoms with van der Waals surface area (Å²) in [5, 5.41) is 13.7. The summed E-state index contributed by atoms with van der Waals surface area (Å²) in [5.41, 5.74) is 4.29. The Morgan fingerprint density at radius 3 is 2.41 bits per heavy atom. The highest BCUT2D eigenvalue weighted by molar-refractivity contribution is 7.51. The van der Waals surface area contributed by atoms with Gasteiger partial charge in [0, 0.05) is 6.54 Å². The van der Waals surface area contributed by atoms with Crippen LogP contribution in [0.1, 0.15) is 62.7 Å². The van der Waals surface area contributed by atoms with Gasteiger partial charge in [0.25, 0.3) is 0 Å². The van der Waals surface area contributed by atoms with Gasteiger partial charge < -0.3 is 20.2 Å². The quantitative estimate of drug-likeness (QED) is 0.271. The van der Waals surface area contributed by atoms with Crippen molar-refractivity contribution in [1.29, 1.82) is 0 Å². The first kappa shape index (κ1) is 23.8. The van der Waals surface area contributed by atoms with Crippen LogP contribution >= 0.6 is 7.60 Å². The largest absolute Gasteiger partial charge is 0.388 e. The maximum atomic E-state index is 10.8. The summed E-state index contributed by atoms with van der Waals surface area (Å²) in [6, 6.07) is 16.4. The summed E-state index contributed by atoms with van der Waals surface area (Å²) in [5.74, 6) is 0. The molecule has 1 atom stereocenters. The van der Waals surface area contributed by atoms with E-state index >= 15 is 0 Å². The number of unbranched alkanes of at least 4 members (excludes halogenated alkanes) is 3. The Bertz CT molecular complexity index is 773. The minimum Gasteiger partial charge on any atom is -0.388 e. The lowest BCUT2D eigenvalue weighted by molar-refractivity contribution is 0.163. The molecule has 2 rings (SSSR count). The van der Waals surface area contributed by atoms with E-state index in [0.717, 1.165) is 35.1 Å². The van der Waals surface area contributed by atoms with Crippen LogP contribution in [0.5, 0.6) is 0 Å². The summed E-state index contributed by atoms with van der Waals surface area (Å²) < 4.78 is 10.8. The molecule has 0 saturated heterocycles. The summed E-state index contributed by atoms with van der Waals surface area (Å²) in [4.78, 5) is 17.7. The van der Waals surface area contributed by atoms with Crippen molar-refractivity contribution in [2.75, 3.05) is 12.7 Å². The van der Waals surface area contributed by atoms with Crippen LogP contribution in [0.15, 0.2) is 48.5 Å². The molecule has 6 heteroatoms. The maximum Gasteiger partial charge on any atom is 0.325 e. The molecule has 0 heterocycles. The first-order valence-electron chi connectivity index (χ1n) is 10.5. The van der Waals surface area contributed by atoms with Crippen LogP contribution in [0.2, 0.25) is 0 Å². The second-order valence-electron chi connectivity index (χ2n) is 7.61. The minimum atomic E-state index is -3.90. The molecule has 0 bridgehead atoms. The molecule has 0 amide bonds. The third-order valence-corrected chi connectivity index (χ3v) is 5.92. The van der Waals surface area contributed by atoms with Crippen LogP contribution in [0.4, 0.5) is 0 Å². The molecule has 160 valence electrons. The first-order chi connectivity index (χ1) is 13.9. The fourth-order valence-electron chi connectivity index (χ4n) is 3.31. The molecule has 0 aliphatic carbocycles. The molecule has 0 spiro atoms. The predicted molar refractivity (Wildman–Crippen MR) is 119 cm³/mol. The third kappa shape index (κ3) is 9.24. The van der Waals surface area contributed by atoms with Crippen LogP contribution < -0.4 is 5.32 Å². The van der Waals surface area contributed by atoms with E-state index in [-0.39, 0.29) is 6.16 Å². The minimum absolute atomic E-state index is 0.0836. The van der Waals surface area contributed by atoms with Crippen molar-refractivity contribution in [3.63, 3.8) is 0 Å². The number of nitrogens with one attached hydrogen (secondary N) is 1. The molecule has 4 N–H and O–H groups in total. The SMILES string of the molecule is CCCCCCC(O)c1cccc(-c2ccc(CNCCCP(=O)(O)O)cc2)c1. The van der Waals surface area contributed by atoms with E-state index in [2.05, 4.69) is 48.6 Å². The van der Waals surface area contributed by atoms with E-state index in [1.165, 1.54) is 19.3 Å². The zero-order valence-electron chi connectivity index (χ0n) is 17.3. The van der Waals surface area contributed by atoms with Gasteiger partial charge in [-0.2, -0.15) is 0 Å². The maximum absolute atomic E-state index is 10.8. The van der Waals surface area contributed by atoms with Gasteiger partial charge in [-0.3, -0.25) is 4.57 Å². The lowest BCUT2D eigenvalue weighted by Gasteiger charge is -2.13. The fourth-order valence-corrected chi connectivity index (χ4v) is 3.88. The van der Waals surface area contributed by atoms with Gasteiger partial charge in [0.15, 0.2) is 0 Å². The van der Waals surface area contributed by atoms with E-state index in [1.807, 2.05) is 12.1 Å². The van der Waals surface area contributed by atoms with Crippen molar-refractivity contribution < 1.29 is 19.5 Å². The average molecular weight is 420 g/mol. The van der Waals surface area contributed by atoms with Crippen molar-refractivity contribution >= 4 is 7.60 Å². The van der Waals surface area contributed by atoms with Gasteiger partial charge in [0.2, 0.25) is 0 Å². The van der Waals surface area contributed by atoms with E-state index in [4.69, 9.17) is 9.79 Å². The van der Waals surface area contributed by atoms with Crippen molar-refractivity contribution in [3.8, 4) is 11.1 Å². The summed E-state index contributed by atoms with van der Waals surface area (Å²) in [6.07, 6.45) is 5.40. The molecule has 0 aliphatic rings. The van der Waals surface area contributed by atoms with Crippen molar-refractivity contribution in [2.24, 2.45) is 0 Å². The van der Waals surface area contributed by atoms with Crippen LogP contribution in [0.25, 0.3) is 11.1 Å². The summed E-state index contributed by atoms with van der Waals surface area (Å²) in [6.45, 7) is 3.43. The van der Waals surface area contributed by atoms with Gasteiger partial charge >= 0.3 is 7.60 Å². The highest BCUT2D eigenvalue weighted by Crippen LogP contribution is 2.34. The predicted octanol–water partition coefficient (Wildman–Crippen LogP) is 5.01. The van der Waals surface area contributed by atoms with E-state index in [9.17, 15) is 9.67 Å². The van der Waals surface area contributed by atoms with Crippen molar-refractivity contribution in [3.05, 3.63) is 59.7 Å². The Labute approximate surface area is 174 Å². The first-order valence-corrected chi connectivity index (χ1v) is 12.3. The zero-order chi connectivity index (χ0) is 21.1. The second-order valence-corrected chi connectivity index (χ2v) is 9.38. The number of benzene rings is 2. The molecule has 29 heavy (non-hydrogen) atoms. The number of hydrogen-bond acceptors (Lipinski definition) is 3. The van der Waals surface area contributed by atoms with Gasteiger partial charge in [0.1, 0.15) is 0 Å². The third-order valence-electron chi connectivity index (χ3n) is 5.02. The van der Waals surface area contributed by atoms with Crippen molar-refractivity contribution in [1.82, 2.24) is 5.32 Å². The van der Waals surface area contributed by atoms with Gasteiger partial charge in [-0.15, -0.1) is 0 Å². The molecule has 2 aromatic rings. The molecule has 0 radical (unpaired) electrons. The topological polar surface area (TPSA) is 89.8 Å². The van der Waals surface area contributed by atoms with Crippen molar-refractivity contribution in [2.45, 2.75) is 58.1 Å². The highest BCUT2D eigenvalue weighted by Gasteiger charge is 2.11. The molecule has 2 aromatic carbocycles. The zero-order valence-corrected chi connectivity index (χ0v) is 18.2. The van der Waals surface area contributed by atoms with Crippen LogP contribution in [0, 0.1) is 0 Å². The van der Waals surface area contributed by atoms with Gasteiger partial charge in [-0.25, -0.2) is 0 Å². The molecule has 0 fully saturated rings. The molecule has 0 aromatic heterocycles. The standard InChI is InChI=1S/C23H34NO4P/c1-2-3-4-5-10-23(25)22-9-6-8-21(17-22)20-13-11-19(12-14-20)18-24-15-7-16-29(26,27)28/h6,8-9,11-14,17,23-25H,2-5,7,10,15-16,18H2,1H3,(H2,26,27,28). The van der Waals surface area contributed by atoms with Gasteiger partial charge in [0.05, 0.1) is 12.3 Å². The van der Waals surface area contributed by atoms with Crippen LogP contribution in [-0.4, -0.2) is 27.6 Å². The lowest BCUT2D eigenvalue weighted by Crippen LogP contribution is -2.15. The second kappa shape index (κ2) is 12.3. The van der Waals surface area contributed by atoms with E-state index in [1.54, 1.807) is 0 Å². The normalized spacial score (nSPS) is 12.8. The van der Waals surface area contributed by atoms with Crippen LogP contribution in [-0.2, 0) is 11.1 Å². The highest BCUT2D eigenvalue weighted by atomic mass is 31.2.